The second kappa shape index (κ2) is 22.9. The van der Waals surface area contributed by atoms with E-state index in [0.29, 0.717) is 66.5 Å². The Kier molecular flexibility index (Phi) is 17.1. The summed E-state index contributed by atoms with van der Waals surface area (Å²) >= 11 is 12.1. The molecule has 344 valence electrons. The van der Waals surface area contributed by atoms with Crippen molar-refractivity contribution in [2.24, 2.45) is 11.8 Å². The highest BCUT2D eigenvalue weighted by atomic mass is 35.5. The number of likely N-dealkylation sites (tertiary alicyclic amines) is 1. The lowest BCUT2D eigenvalue weighted by atomic mass is 9.69. The summed E-state index contributed by atoms with van der Waals surface area (Å²) in [5.41, 5.74) is 4.78. The Morgan fingerprint density at radius 2 is 1.66 bits per heavy atom. The van der Waals surface area contributed by atoms with E-state index >= 15 is 0 Å². The lowest BCUT2D eigenvalue weighted by Gasteiger charge is -2.39. The van der Waals surface area contributed by atoms with Crippen LogP contribution in [0.2, 0.25) is 10.0 Å². The molecule has 0 bridgehead atoms. The molecule has 3 fully saturated rings. The minimum absolute atomic E-state index is 0.0534. The molecule has 2 heterocycles. The fraction of sp³-hybridized carbons (Fsp3) is 0.388. The van der Waals surface area contributed by atoms with Crippen molar-refractivity contribution >= 4 is 77.1 Å². The number of likely N-dealkylation sites (N-methyl/N-ethyl adjacent to an activating group) is 1. The molecule has 2 saturated heterocycles. The van der Waals surface area contributed by atoms with Crippen LogP contribution in [0, 0.1) is 24.6 Å². The van der Waals surface area contributed by atoms with Crippen LogP contribution in [-0.2, 0) is 30.5 Å². The van der Waals surface area contributed by atoms with Crippen molar-refractivity contribution in [3.05, 3.63) is 123 Å². The molecular weight excluding hydrogens is 872 g/mol. The van der Waals surface area contributed by atoms with Gasteiger partial charge in [0, 0.05) is 91.2 Å². The molecule has 2 aliphatic heterocycles. The molecule has 13 nitrogen and oxygen atoms in total. The van der Waals surface area contributed by atoms with E-state index in [1.54, 1.807) is 65.6 Å². The highest BCUT2D eigenvalue weighted by molar-refractivity contribution is 6.31. The van der Waals surface area contributed by atoms with Gasteiger partial charge in [0.1, 0.15) is 18.1 Å². The zero-order chi connectivity index (χ0) is 46.5. The number of aldehydes is 1. The number of hydrogen-bond donors (Lipinski definition) is 5. The Bertz CT molecular complexity index is 2320. The second-order valence-electron chi connectivity index (χ2n) is 16.9. The molecular formula is C49H56Cl2FN7O6. The zero-order valence-electron chi connectivity index (χ0n) is 36.6. The van der Waals surface area contributed by atoms with Gasteiger partial charge in [-0.2, -0.15) is 0 Å². The normalized spacial score (nSPS) is 18.0. The minimum atomic E-state index is -0.741. The van der Waals surface area contributed by atoms with Gasteiger partial charge in [-0.1, -0.05) is 72.8 Å². The number of hydrogen-bond acceptors (Lipinski definition) is 8. The number of nitrogens with one attached hydrogen (secondary N) is 5. The molecule has 1 spiro atoms. The monoisotopic (exact) mass is 927 g/mol. The average Bonchev–Trinajstić information content (AvgIpc) is 3.65. The molecule has 1 aliphatic carbocycles. The summed E-state index contributed by atoms with van der Waals surface area (Å²) in [6, 6.07) is 24.0. The van der Waals surface area contributed by atoms with Gasteiger partial charge in [0.25, 0.3) is 5.91 Å². The number of amides is 5. The summed E-state index contributed by atoms with van der Waals surface area (Å²) in [6.07, 6.45) is 7.55. The Morgan fingerprint density at radius 1 is 0.938 bits per heavy atom. The van der Waals surface area contributed by atoms with Gasteiger partial charge in [-0.15, -0.1) is 0 Å². The number of anilines is 3. The van der Waals surface area contributed by atoms with Crippen molar-refractivity contribution in [3.63, 3.8) is 0 Å². The van der Waals surface area contributed by atoms with E-state index in [1.165, 1.54) is 18.4 Å². The maximum Gasteiger partial charge on any atom is 0.253 e. The summed E-state index contributed by atoms with van der Waals surface area (Å²) < 4.78 is 14.8. The highest BCUT2D eigenvalue weighted by Crippen LogP contribution is 2.47. The molecule has 65 heavy (non-hydrogen) atoms. The third-order valence-electron chi connectivity index (χ3n) is 12.7. The number of benzene rings is 4. The first-order chi connectivity index (χ1) is 31.4. The maximum absolute atomic E-state index is 14.8. The van der Waals surface area contributed by atoms with Crippen molar-refractivity contribution in [2.45, 2.75) is 75.9 Å². The molecule has 0 aromatic heterocycles. The largest absolute Gasteiger partial charge is 0.384 e. The van der Waals surface area contributed by atoms with E-state index in [4.69, 9.17) is 23.2 Å². The highest BCUT2D eigenvalue weighted by Gasteiger charge is 2.53. The number of aryl methyl sites for hydroxylation is 1. The first-order valence-electron chi connectivity index (χ1n) is 21.9. The van der Waals surface area contributed by atoms with E-state index in [2.05, 4.69) is 26.6 Å². The lowest BCUT2D eigenvalue weighted by molar-refractivity contribution is -0.133. The third-order valence-corrected chi connectivity index (χ3v) is 13.3. The van der Waals surface area contributed by atoms with Gasteiger partial charge >= 0.3 is 0 Å². The summed E-state index contributed by atoms with van der Waals surface area (Å²) in [6.45, 7) is 4.61. The Hall–Kier alpha value is -5.83. The summed E-state index contributed by atoms with van der Waals surface area (Å²) in [4.78, 5) is 75.1. The molecule has 0 radical (unpaired) electrons. The van der Waals surface area contributed by atoms with Crippen molar-refractivity contribution in [3.8, 4) is 0 Å². The van der Waals surface area contributed by atoms with Crippen molar-refractivity contribution in [2.75, 3.05) is 49.2 Å². The molecule has 1 saturated carbocycles. The van der Waals surface area contributed by atoms with E-state index in [9.17, 15) is 33.2 Å². The first-order valence-corrected chi connectivity index (χ1v) is 22.7. The van der Waals surface area contributed by atoms with E-state index in [1.807, 2.05) is 31.2 Å². The summed E-state index contributed by atoms with van der Waals surface area (Å²) in [5.74, 6) is -1.27. The number of halogens is 3. The molecule has 3 aliphatic rings. The van der Waals surface area contributed by atoms with Gasteiger partial charge in [-0.3, -0.25) is 24.0 Å². The number of carbonyl (C=O) groups excluding carboxylic acids is 6. The maximum atomic E-state index is 14.8. The number of carbonyl (C=O) groups is 6. The Morgan fingerprint density at radius 3 is 2.34 bits per heavy atom. The van der Waals surface area contributed by atoms with E-state index in [-0.39, 0.29) is 65.4 Å². The van der Waals surface area contributed by atoms with Crippen molar-refractivity contribution in [1.29, 1.82) is 0 Å². The van der Waals surface area contributed by atoms with Crippen LogP contribution in [0.3, 0.4) is 0 Å². The first kappa shape index (κ1) is 48.6. The molecule has 3 unspecified atom stereocenters. The molecule has 4 aromatic rings. The van der Waals surface area contributed by atoms with Gasteiger partial charge in [0.05, 0.1) is 10.9 Å². The van der Waals surface area contributed by atoms with Crippen LogP contribution in [0.25, 0.3) is 0 Å². The molecule has 4 aromatic carbocycles. The summed E-state index contributed by atoms with van der Waals surface area (Å²) in [7, 11) is 1.51. The zero-order valence-corrected chi connectivity index (χ0v) is 38.1. The van der Waals surface area contributed by atoms with Gasteiger partial charge in [-0.25, -0.2) is 4.39 Å². The Labute approximate surface area is 389 Å². The van der Waals surface area contributed by atoms with Crippen LogP contribution in [0.5, 0.6) is 0 Å². The topological polar surface area (TPSA) is 169 Å². The van der Waals surface area contributed by atoms with Crippen molar-refractivity contribution in [1.82, 2.24) is 20.4 Å². The molecule has 7 rings (SSSR count). The van der Waals surface area contributed by atoms with E-state index in [0.717, 1.165) is 48.8 Å². The van der Waals surface area contributed by atoms with Gasteiger partial charge in [-0.05, 0) is 97.5 Å². The van der Waals surface area contributed by atoms with Gasteiger partial charge in [0.2, 0.25) is 24.6 Å². The van der Waals surface area contributed by atoms with Crippen LogP contribution in [0.15, 0.2) is 84.9 Å². The smallest absolute Gasteiger partial charge is 0.253 e. The second-order valence-corrected chi connectivity index (χ2v) is 17.7. The predicted octanol–water partition coefficient (Wildman–Crippen LogP) is 7.58. The van der Waals surface area contributed by atoms with E-state index < -0.39 is 11.9 Å². The standard InChI is InChI=1S/C27H33N5O5.C22H23Cl2FN2O/c1-19-5-3-6-24(23(19)16-32(18-35)25(7-4-12-33)26(36)28-2)29-13-20-14-31(15-20)27(37)21-8-10-22(11-9-21)30-17-34;23-14-6-4-7-15(12-14)27-21(28)19-17(16-8-5-9-18(24)20(16)25)13-26-22(19)10-2-1-3-11-22/h3,5-6,8-12,17-18,20,25,29H,4,7,13-16H2,1-2H3,(H,28,36)(H,30,34);4-9,12,17,19,26H,1-3,10-11,13H2,(H,27,28). The van der Waals surface area contributed by atoms with Gasteiger partial charge < -0.3 is 41.2 Å². The Balaban J connectivity index is 0.000000223. The molecule has 16 heteroatoms. The van der Waals surface area contributed by atoms with Crippen LogP contribution in [-0.4, -0.2) is 91.4 Å². The molecule has 5 amide bonds. The fourth-order valence-electron chi connectivity index (χ4n) is 9.31. The predicted molar refractivity (Wildman–Crippen MR) is 251 cm³/mol. The SMILES string of the molecule is CNC(=O)C(CCC=O)N(C=O)Cc1c(C)cccc1NCC1CN(C(=O)c2ccc(NC=O)cc2)C1.O=C(Nc1cccc(Cl)c1)C1C(c2cccc(Cl)c2F)CNC12CCCCC2. The van der Waals surface area contributed by atoms with Crippen LogP contribution in [0.1, 0.15) is 77.9 Å². The summed E-state index contributed by atoms with van der Waals surface area (Å²) in [5, 5.41) is 15.8. The average molecular weight is 929 g/mol. The van der Waals surface area contributed by atoms with Crippen LogP contribution in [0.4, 0.5) is 21.5 Å². The van der Waals surface area contributed by atoms with Crippen molar-refractivity contribution < 1.29 is 33.2 Å². The minimum Gasteiger partial charge on any atom is -0.384 e. The molecule has 5 N–H and O–H groups in total. The number of nitrogens with zero attached hydrogens (tertiary/aromatic N) is 2. The quantitative estimate of drug-likeness (QED) is 0.0676. The lowest BCUT2D eigenvalue weighted by Crippen LogP contribution is -2.52. The van der Waals surface area contributed by atoms with Crippen LogP contribution < -0.4 is 26.6 Å². The fourth-order valence-corrected chi connectivity index (χ4v) is 9.69. The van der Waals surface area contributed by atoms with Crippen LogP contribution >= 0.6 is 23.2 Å². The third kappa shape index (κ3) is 11.9. The molecule has 3 atom stereocenters. The van der Waals surface area contributed by atoms with Gasteiger partial charge in [0.15, 0.2) is 0 Å². The number of rotatable bonds is 17.